The number of anilines is 1. The Morgan fingerprint density at radius 3 is 2.72 bits per heavy atom. The van der Waals surface area contributed by atoms with Crippen LogP contribution in [0.25, 0.3) is 16.7 Å². The number of nitrogens with two attached hydrogens (primary N) is 1. The molecule has 1 fully saturated rings. The molecule has 0 bridgehead atoms. The summed E-state index contributed by atoms with van der Waals surface area (Å²) in [6, 6.07) is 9.28. The van der Waals surface area contributed by atoms with Crippen LogP contribution in [0.15, 0.2) is 41.1 Å². The molecule has 0 amide bonds. The van der Waals surface area contributed by atoms with Crippen LogP contribution in [0.5, 0.6) is 0 Å². The zero-order valence-corrected chi connectivity index (χ0v) is 18.0. The molecular formula is C22H25N7O3. The maximum Gasteiger partial charge on any atom is 0.221 e. The molecular weight excluding hydrogens is 410 g/mol. The number of aliphatic hydroxyl groups is 1. The minimum Gasteiger partial charge on any atom is -0.379 e. The van der Waals surface area contributed by atoms with Crippen molar-refractivity contribution in [2.45, 2.75) is 26.0 Å². The minimum absolute atomic E-state index is 0.169. The Balaban J connectivity index is 1.63. The summed E-state index contributed by atoms with van der Waals surface area (Å²) in [5.74, 6) is 1.36. The Kier molecular flexibility index (Phi) is 5.12. The molecule has 1 aliphatic heterocycles. The van der Waals surface area contributed by atoms with E-state index in [0.29, 0.717) is 42.6 Å². The Bertz CT molecular complexity index is 1260. The number of fused-ring (bicyclic) bond motifs is 1. The lowest BCUT2D eigenvalue weighted by Crippen LogP contribution is -2.35. The third-order valence-corrected chi connectivity index (χ3v) is 5.80. The Morgan fingerprint density at radius 1 is 1.19 bits per heavy atom. The van der Waals surface area contributed by atoms with Crippen LogP contribution < -0.4 is 5.73 Å². The van der Waals surface area contributed by atoms with E-state index in [4.69, 9.17) is 20.1 Å². The summed E-state index contributed by atoms with van der Waals surface area (Å²) < 4.78 is 12.4. The van der Waals surface area contributed by atoms with Crippen LogP contribution >= 0.6 is 0 Å². The predicted molar refractivity (Wildman–Crippen MR) is 117 cm³/mol. The molecule has 166 valence electrons. The van der Waals surface area contributed by atoms with Gasteiger partial charge in [0.25, 0.3) is 0 Å². The lowest BCUT2D eigenvalue weighted by atomic mass is 9.91. The van der Waals surface area contributed by atoms with Crippen molar-refractivity contribution in [3.63, 3.8) is 0 Å². The average Bonchev–Trinajstić information content (AvgIpc) is 3.38. The standard InChI is InChI=1S/C22H25N7O3/c1-14-11-19(27-32-14)22(2,30)15-3-4-16-17(13-28-7-9-31-10-8-28)26-29(18(16)12-15)20-5-6-24-21(23)25-20/h3-6,11-12,30H,7-10,13H2,1-2H3,(H2,23,24,25)/t22-/m1/s1. The highest BCUT2D eigenvalue weighted by Crippen LogP contribution is 2.32. The molecule has 1 aliphatic rings. The molecule has 10 nitrogen and oxygen atoms in total. The number of aromatic nitrogens is 5. The van der Waals surface area contributed by atoms with Gasteiger partial charge in [-0.15, -0.1) is 0 Å². The maximum absolute atomic E-state index is 11.3. The van der Waals surface area contributed by atoms with Crippen molar-refractivity contribution in [1.82, 2.24) is 29.8 Å². The second-order valence-corrected chi connectivity index (χ2v) is 8.15. The second kappa shape index (κ2) is 7.97. The molecule has 0 radical (unpaired) electrons. The van der Waals surface area contributed by atoms with Gasteiger partial charge in [0.2, 0.25) is 5.95 Å². The zero-order chi connectivity index (χ0) is 22.3. The van der Waals surface area contributed by atoms with Crippen LogP contribution in [0.3, 0.4) is 0 Å². The largest absolute Gasteiger partial charge is 0.379 e. The van der Waals surface area contributed by atoms with Crippen LogP contribution in [-0.4, -0.2) is 61.2 Å². The van der Waals surface area contributed by atoms with E-state index < -0.39 is 5.60 Å². The number of morpholine rings is 1. The lowest BCUT2D eigenvalue weighted by molar-refractivity contribution is 0.0338. The number of nitrogens with zero attached hydrogens (tertiary/aromatic N) is 6. The first-order valence-electron chi connectivity index (χ1n) is 10.5. The van der Waals surface area contributed by atoms with Crippen molar-refractivity contribution in [2.75, 3.05) is 32.0 Å². The highest BCUT2D eigenvalue weighted by molar-refractivity contribution is 5.84. The van der Waals surface area contributed by atoms with Gasteiger partial charge in [-0.25, -0.2) is 9.67 Å². The van der Waals surface area contributed by atoms with Gasteiger partial charge in [-0.1, -0.05) is 17.3 Å². The van der Waals surface area contributed by atoms with Gasteiger partial charge in [-0.2, -0.15) is 10.1 Å². The molecule has 4 heterocycles. The topological polar surface area (TPSA) is 128 Å². The summed E-state index contributed by atoms with van der Waals surface area (Å²) in [6.45, 7) is 7.31. The van der Waals surface area contributed by atoms with Gasteiger partial charge in [-0.3, -0.25) is 4.90 Å². The smallest absolute Gasteiger partial charge is 0.221 e. The number of hydrogen-bond donors (Lipinski definition) is 2. The summed E-state index contributed by atoms with van der Waals surface area (Å²) in [6.07, 6.45) is 1.60. The number of hydrogen-bond acceptors (Lipinski definition) is 9. The summed E-state index contributed by atoms with van der Waals surface area (Å²) in [7, 11) is 0. The number of aryl methyl sites for hydroxylation is 1. The highest BCUT2D eigenvalue weighted by Gasteiger charge is 2.30. The van der Waals surface area contributed by atoms with Crippen LogP contribution in [-0.2, 0) is 16.9 Å². The van der Waals surface area contributed by atoms with Gasteiger partial charge in [0.05, 0.1) is 24.4 Å². The Labute approximate surface area is 184 Å². The minimum atomic E-state index is -1.34. The van der Waals surface area contributed by atoms with Gasteiger partial charge < -0.3 is 20.1 Å². The maximum atomic E-state index is 11.3. The van der Waals surface area contributed by atoms with Gasteiger partial charge >= 0.3 is 0 Å². The van der Waals surface area contributed by atoms with Crippen molar-refractivity contribution < 1.29 is 14.4 Å². The fourth-order valence-corrected chi connectivity index (χ4v) is 3.97. The van der Waals surface area contributed by atoms with Gasteiger partial charge in [0.1, 0.15) is 17.1 Å². The molecule has 1 aromatic carbocycles. The molecule has 4 aromatic rings. The molecule has 3 aromatic heterocycles. The van der Waals surface area contributed by atoms with Crippen molar-refractivity contribution in [2.24, 2.45) is 0 Å². The van der Waals surface area contributed by atoms with E-state index in [0.717, 1.165) is 29.7 Å². The summed E-state index contributed by atoms with van der Waals surface area (Å²) in [5, 5.41) is 21.1. The number of nitrogen functional groups attached to an aromatic ring is 1. The molecule has 3 N–H and O–H groups in total. The first-order valence-corrected chi connectivity index (χ1v) is 10.5. The van der Waals surface area contributed by atoms with Crippen molar-refractivity contribution >= 4 is 16.9 Å². The molecule has 5 rings (SSSR count). The molecule has 0 spiro atoms. The molecule has 10 heteroatoms. The normalized spacial score (nSPS) is 17.0. The summed E-state index contributed by atoms with van der Waals surface area (Å²) in [4.78, 5) is 10.7. The van der Waals surface area contributed by atoms with E-state index in [1.54, 1.807) is 36.9 Å². The van der Waals surface area contributed by atoms with Crippen LogP contribution in [0.1, 0.15) is 29.6 Å². The quantitative estimate of drug-likeness (QED) is 0.482. The number of benzene rings is 1. The van der Waals surface area contributed by atoms with E-state index in [1.807, 2.05) is 18.2 Å². The Morgan fingerprint density at radius 2 is 2.00 bits per heavy atom. The van der Waals surface area contributed by atoms with Gasteiger partial charge in [-0.05, 0) is 25.5 Å². The van der Waals surface area contributed by atoms with Gasteiger partial charge in [0, 0.05) is 43.4 Å². The van der Waals surface area contributed by atoms with Crippen molar-refractivity contribution in [3.05, 3.63) is 59.2 Å². The lowest BCUT2D eigenvalue weighted by Gasteiger charge is -2.25. The number of rotatable bonds is 5. The highest BCUT2D eigenvalue weighted by atomic mass is 16.5. The fraction of sp³-hybridized carbons (Fsp3) is 0.364. The molecule has 1 saturated heterocycles. The predicted octanol–water partition coefficient (Wildman–Crippen LogP) is 1.78. The van der Waals surface area contributed by atoms with Gasteiger partial charge in [0.15, 0.2) is 5.82 Å². The van der Waals surface area contributed by atoms with E-state index >= 15 is 0 Å². The van der Waals surface area contributed by atoms with Crippen LogP contribution in [0.4, 0.5) is 5.95 Å². The summed E-state index contributed by atoms with van der Waals surface area (Å²) in [5.41, 5.74) is 7.33. The Hall–Kier alpha value is -3.34. The van der Waals surface area contributed by atoms with E-state index in [2.05, 4.69) is 20.0 Å². The molecule has 0 unspecified atom stereocenters. The molecule has 32 heavy (non-hydrogen) atoms. The van der Waals surface area contributed by atoms with Crippen molar-refractivity contribution in [3.8, 4) is 5.82 Å². The van der Waals surface area contributed by atoms with Crippen LogP contribution in [0.2, 0.25) is 0 Å². The third kappa shape index (κ3) is 3.72. The monoisotopic (exact) mass is 435 g/mol. The first kappa shape index (κ1) is 20.6. The first-order chi connectivity index (χ1) is 15.4. The van der Waals surface area contributed by atoms with E-state index in [9.17, 15) is 5.11 Å². The average molecular weight is 435 g/mol. The molecule has 0 saturated carbocycles. The third-order valence-electron chi connectivity index (χ3n) is 5.80. The van der Waals surface area contributed by atoms with Crippen molar-refractivity contribution in [1.29, 1.82) is 0 Å². The van der Waals surface area contributed by atoms with E-state index in [1.165, 1.54) is 0 Å². The van der Waals surface area contributed by atoms with E-state index in [-0.39, 0.29) is 5.95 Å². The SMILES string of the molecule is Cc1cc([C@](C)(O)c2ccc3c(CN4CCOCC4)nn(-c4ccnc(N)n4)c3c2)no1. The number of ether oxygens (including phenoxy) is 1. The van der Waals surface area contributed by atoms with Crippen LogP contribution in [0, 0.1) is 6.92 Å². The molecule has 1 atom stereocenters. The zero-order valence-electron chi connectivity index (χ0n) is 18.0. The summed E-state index contributed by atoms with van der Waals surface area (Å²) >= 11 is 0. The molecule has 0 aliphatic carbocycles. The fourth-order valence-electron chi connectivity index (χ4n) is 3.97. The second-order valence-electron chi connectivity index (χ2n) is 8.15.